The van der Waals surface area contributed by atoms with Crippen LogP contribution < -0.4 is 5.32 Å². The number of carbonyl (C=O) groups excluding carboxylic acids is 1. The van der Waals surface area contributed by atoms with Crippen LogP contribution in [0.3, 0.4) is 0 Å². The summed E-state index contributed by atoms with van der Waals surface area (Å²) in [5.41, 5.74) is 1.31. The fourth-order valence-corrected chi connectivity index (χ4v) is 1.16. The van der Waals surface area contributed by atoms with Crippen LogP contribution >= 0.6 is 0 Å². The molecule has 0 aromatic heterocycles. The zero-order chi connectivity index (χ0) is 9.52. The van der Waals surface area contributed by atoms with E-state index in [1.807, 2.05) is 18.2 Å². The molecule has 1 radical (unpaired) electrons. The van der Waals surface area contributed by atoms with E-state index in [4.69, 9.17) is 0 Å². The number of amides is 1. The molecule has 1 amide bonds. The second kappa shape index (κ2) is 5.36. The largest absolute Gasteiger partial charge is 0.356 e. The van der Waals surface area contributed by atoms with E-state index in [9.17, 15) is 4.79 Å². The van der Waals surface area contributed by atoms with Gasteiger partial charge in [-0.2, -0.15) is 0 Å². The zero-order valence-corrected chi connectivity index (χ0v) is 7.62. The van der Waals surface area contributed by atoms with Crippen molar-refractivity contribution < 1.29 is 4.79 Å². The van der Waals surface area contributed by atoms with Gasteiger partial charge in [-0.3, -0.25) is 4.79 Å². The lowest BCUT2D eigenvalue weighted by molar-refractivity contribution is -0.116. The van der Waals surface area contributed by atoms with Gasteiger partial charge in [0.1, 0.15) is 0 Å². The van der Waals surface area contributed by atoms with Crippen LogP contribution in [-0.2, 0) is 11.2 Å². The fraction of sp³-hybridized carbons (Fsp3) is 0.273. The summed E-state index contributed by atoms with van der Waals surface area (Å²) in [5, 5.41) is 2.67. The Kier molecular flexibility index (Phi) is 4.03. The number of hydrogen-bond donors (Lipinski definition) is 1. The van der Waals surface area contributed by atoms with Crippen molar-refractivity contribution in [1.29, 1.82) is 0 Å². The van der Waals surface area contributed by atoms with E-state index in [0.717, 1.165) is 12.8 Å². The fourth-order valence-electron chi connectivity index (χ4n) is 1.16. The molecule has 1 N–H and O–H groups in total. The Labute approximate surface area is 79.0 Å². The molecule has 2 nitrogen and oxygen atoms in total. The van der Waals surface area contributed by atoms with Crippen molar-refractivity contribution in [2.24, 2.45) is 0 Å². The highest BCUT2D eigenvalue weighted by molar-refractivity contribution is 5.79. The summed E-state index contributed by atoms with van der Waals surface area (Å²) in [7, 11) is 0. The first-order chi connectivity index (χ1) is 6.29. The second-order valence-corrected chi connectivity index (χ2v) is 2.94. The van der Waals surface area contributed by atoms with Gasteiger partial charge in [0, 0.05) is 13.5 Å². The van der Waals surface area contributed by atoms with Crippen LogP contribution in [0.1, 0.15) is 12.0 Å². The summed E-state index contributed by atoms with van der Waals surface area (Å²) in [6, 6.07) is 10.2. The summed E-state index contributed by atoms with van der Waals surface area (Å²) >= 11 is 0. The van der Waals surface area contributed by atoms with Gasteiger partial charge in [-0.05, 0) is 18.4 Å². The number of hydrogen-bond acceptors (Lipinski definition) is 1. The molecule has 2 heteroatoms. The van der Waals surface area contributed by atoms with Crippen LogP contribution in [0.4, 0.5) is 0 Å². The molecule has 1 aromatic carbocycles. The van der Waals surface area contributed by atoms with Gasteiger partial charge in [0.2, 0.25) is 5.91 Å². The average molecular weight is 176 g/mol. The third-order valence-electron chi connectivity index (χ3n) is 1.81. The van der Waals surface area contributed by atoms with Gasteiger partial charge in [0.25, 0.3) is 0 Å². The number of rotatable bonds is 4. The van der Waals surface area contributed by atoms with Crippen LogP contribution in [0.5, 0.6) is 0 Å². The predicted molar refractivity (Wildman–Crippen MR) is 53.1 cm³/mol. The van der Waals surface area contributed by atoms with E-state index in [1.54, 1.807) is 0 Å². The smallest absolute Gasteiger partial charge is 0.220 e. The highest BCUT2D eigenvalue weighted by Gasteiger charge is 1.92. The van der Waals surface area contributed by atoms with E-state index in [-0.39, 0.29) is 5.91 Å². The molecule has 0 bridgehead atoms. The van der Waals surface area contributed by atoms with Crippen LogP contribution in [0.2, 0.25) is 0 Å². The summed E-state index contributed by atoms with van der Waals surface area (Å²) < 4.78 is 0. The van der Waals surface area contributed by atoms with Crippen molar-refractivity contribution in [1.82, 2.24) is 5.32 Å². The van der Waals surface area contributed by atoms with E-state index >= 15 is 0 Å². The summed E-state index contributed by atoms with van der Waals surface area (Å²) in [5.74, 6) is -0.201. The first-order valence-corrected chi connectivity index (χ1v) is 4.43. The van der Waals surface area contributed by atoms with Crippen molar-refractivity contribution in [2.45, 2.75) is 12.8 Å². The highest BCUT2D eigenvalue weighted by atomic mass is 16.1. The second-order valence-electron chi connectivity index (χ2n) is 2.94. The maximum absolute atomic E-state index is 10.4. The average Bonchev–Trinajstić information content (AvgIpc) is 2.14. The Morgan fingerprint density at radius 3 is 2.62 bits per heavy atom. The Hall–Kier alpha value is -1.31. The molecule has 0 spiro atoms. The molecule has 0 aliphatic heterocycles. The van der Waals surface area contributed by atoms with Gasteiger partial charge >= 0.3 is 0 Å². The molecule has 0 fully saturated rings. The highest BCUT2D eigenvalue weighted by Crippen LogP contribution is 2.01. The Morgan fingerprint density at radius 1 is 1.31 bits per heavy atom. The maximum Gasteiger partial charge on any atom is 0.220 e. The van der Waals surface area contributed by atoms with Crippen molar-refractivity contribution in [3.63, 3.8) is 0 Å². The number of benzene rings is 1. The summed E-state index contributed by atoms with van der Waals surface area (Å²) in [6.07, 6.45) is 1.96. The minimum Gasteiger partial charge on any atom is -0.356 e. The third-order valence-corrected chi connectivity index (χ3v) is 1.81. The quantitative estimate of drug-likeness (QED) is 0.693. The number of carbonyl (C=O) groups is 1. The van der Waals surface area contributed by atoms with E-state index in [2.05, 4.69) is 24.4 Å². The van der Waals surface area contributed by atoms with Crippen molar-refractivity contribution in [2.75, 3.05) is 6.54 Å². The Morgan fingerprint density at radius 2 is 2.00 bits per heavy atom. The predicted octanol–water partition coefficient (Wildman–Crippen LogP) is 1.57. The van der Waals surface area contributed by atoms with E-state index in [0.29, 0.717) is 6.54 Å². The van der Waals surface area contributed by atoms with E-state index in [1.165, 1.54) is 5.56 Å². The number of nitrogens with one attached hydrogen (secondary N) is 1. The first-order valence-electron chi connectivity index (χ1n) is 4.43. The molecule has 13 heavy (non-hydrogen) atoms. The third kappa shape index (κ3) is 4.31. The van der Waals surface area contributed by atoms with Crippen LogP contribution in [0.25, 0.3) is 0 Å². The molecule has 0 heterocycles. The molecule has 0 aliphatic carbocycles. The van der Waals surface area contributed by atoms with Gasteiger partial charge in [0.15, 0.2) is 0 Å². The molecule has 1 aromatic rings. The molecule has 0 saturated heterocycles. The molecular formula is C11H14NO. The molecule has 0 aliphatic rings. The summed E-state index contributed by atoms with van der Waals surface area (Å²) in [6.45, 7) is 3.94. The minimum absolute atomic E-state index is 0.201. The molecular weight excluding hydrogens is 162 g/mol. The lowest BCUT2D eigenvalue weighted by atomic mass is 10.1. The first kappa shape index (κ1) is 9.78. The monoisotopic (exact) mass is 176 g/mol. The van der Waals surface area contributed by atoms with Crippen molar-refractivity contribution in [3.8, 4) is 0 Å². The normalized spacial score (nSPS) is 9.62. The van der Waals surface area contributed by atoms with Crippen molar-refractivity contribution in [3.05, 3.63) is 42.8 Å². The van der Waals surface area contributed by atoms with Gasteiger partial charge < -0.3 is 5.32 Å². The zero-order valence-electron chi connectivity index (χ0n) is 7.62. The lowest BCUT2D eigenvalue weighted by Gasteiger charge is -2.01. The maximum atomic E-state index is 10.4. The van der Waals surface area contributed by atoms with E-state index < -0.39 is 0 Å². The SMILES string of the molecule is [CH2]C(=O)NCCCc1ccccc1. The summed E-state index contributed by atoms with van der Waals surface area (Å²) in [4.78, 5) is 10.4. The van der Waals surface area contributed by atoms with Gasteiger partial charge in [0.05, 0.1) is 0 Å². The minimum atomic E-state index is -0.201. The standard InChI is InChI=1S/C11H14NO/c1-10(13)12-9-5-8-11-6-3-2-4-7-11/h2-4,6-7H,1,5,8-9H2,(H,12,13). The molecule has 1 rings (SSSR count). The topological polar surface area (TPSA) is 29.1 Å². The van der Waals surface area contributed by atoms with Crippen LogP contribution in [-0.4, -0.2) is 12.5 Å². The van der Waals surface area contributed by atoms with Gasteiger partial charge in [-0.25, -0.2) is 0 Å². The van der Waals surface area contributed by atoms with Gasteiger partial charge in [-0.15, -0.1) is 0 Å². The van der Waals surface area contributed by atoms with Crippen molar-refractivity contribution >= 4 is 5.91 Å². The molecule has 0 unspecified atom stereocenters. The van der Waals surface area contributed by atoms with Crippen LogP contribution in [0, 0.1) is 6.92 Å². The Bertz CT molecular complexity index is 256. The molecule has 0 saturated carbocycles. The molecule has 0 atom stereocenters. The van der Waals surface area contributed by atoms with Gasteiger partial charge in [-0.1, -0.05) is 30.3 Å². The molecule has 69 valence electrons. The van der Waals surface area contributed by atoms with Crippen LogP contribution in [0.15, 0.2) is 30.3 Å². The number of aryl methyl sites for hydroxylation is 1. The lowest BCUT2D eigenvalue weighted by Crippen LogP contribution is -2.21. The Balaban J connectivity index is 2.17.